The molecule has 3 aromatic rings. The maximum Gasteiger partial charge on any atom is 0.298 e. The Bertz CT molecular complexity index is 792. The van der Waals surface area contributed by atoms with Crippen molar-refractivity contribution < 1.29 is 4.74 Å². The van der Waals surface area contributed by atoms with Gasteiger partial charge < -0.3 is 4.74 Å². The number of benzene rings is 2. The third-order valence-corrected chi connectivity index (χ3v) is 4.52. The lowest BCUT2D eigenvalue weighted by atomic mass is 9.96. The highest BCUT2D eigenvalue weighted by Gasteiger charge is 2.20. The third kappa shape index (κ3) is 2.94. The largest absolute Gasteiger partial charge is 0.429 e. The molecule has 0 spiro atoms. The zero-order chi connectivity index (χ0) is 15.0. The average molecular weight is 363 g/mol. The highest BCUT2D eigenvalue weighted by molar-refractivity contribution is 9.10. The minimum Gasteiger partial charge on any atom is -0.429 e. The number of aromatic nitrogens is 2. The molecule has 0 amide bonds. The number of nitrogens with zero attached hydrogens (tertiary/aromatic N) is 2. The number of fused-ring (bicyclic) bond motifs is 1. The maximum absolute atomic E-state index is 5.89. The van der Waals surface area contributed by atoms with Crippen molar-refractivity contribution in [3.8, 4) is 10.9 Å². The Balaban J connectivity index is 1.95. The van der Waals surface area contributed by atoms with Gasteiger partial charge in [-0.3, -0.25) is 0 Å². The lowest BCUT2D eigenvalue weighted by Crippen LogP contribution is -2.12. The van der Waals surface area contributed by atoms with Crippen molar-refractivity contribution in [1.82, 2.24) is 9.36 Å². The average Bonchev–Trinajstić information content (AvgIpc) is 2.91. The molecule has 0 aliphatic rings. The van der Waals surface area contributed by atoms with Crippen LogP contribution >= 0.6 is 27.5 Å². The smallest absolute Gasteiger partial charge is 0.298 e. The van der Waals surface area contributed by atoms with Gasteiger partial charge >= 0.3 is 0 Å². The van der Waals surface area contributed by atoms with Crippen molar-refractivity contribution in [3.63, 3.8) is 0 Å². The van der Waals surface area contributed by atoms with Crippen LogP contribution in [-0.2, 0) is 5.41 Å². The summed E-state index contributed by atoms with van der Waals surface area (Å²) >= 11 is 4.90. The first-order chi connectivity index (χ1) is 9.95. The van der Waals surface area contributed by atoms with Crippen LogP contribution in [0.5, 0.6) is 10.9 Å². The fourth-order valence-electron chi connectivity index (χ4n) is 1.94. The number of hydrogen-bond donors (Lipinski definition) is 0. The van der Waals surface area contributed by atoms with Gasteiger partial charge in [-0.1, -0.05) is 51.1 Å². The molecule has 3 rings (SSSR count). The first-order valence-corrected chi connectivity index (χ1v) is 8.21. The van der Waals surface area contributed by atoms with Crippen LogP contribution < -0.4 is 4.74 Å². The molecule has 0 atom stereocenters. The lowest BCUT2D eigenvalue weighted by molar-refractivity contribution is 0.466. The van der Waals surface area contributed by atoms with E-state index in [-0.39, 0.29) is 5.41 Å². The van der Waals surface area contributed by atoms with Crippen LogP contribution in [0, 0.1) is 0 Å². The van der Waals surface area contributed by atoms with Crippen molar-refractivity contribution in [2.75, 3.05) is 0 Å². The van der Waals surface area contributed by atoms with Crippen LogP contribution in [0.25, 0.3) is 10.8 Å². The van der Waals surface area contributed by atoms with Crippen LogP contribution in [-0.4, -0.2) is 9.36 Å². The van der Waals surface area contributed by atoms with Crippen molar-refractivity contribution in [2.45, 2.75) is 26.2 Å². The van der Waals surface area contributed by atoms with Crippen LogP contribution in [0.2, 0.25) is 0 Å². The van der Waals surface area contributed by atoms with E-state index in [1.54, 1.807) is 0 Å². The van der Waals surface area contributed by atoms with E-state index in [1.807, 2.05) is 24.3 Å². The molecule has 0 aliphatic heterocycles. The fraction of sp³-hybridized carbons (Fsp3) is 0.250. The second-order valence-electron chi connectivity index (χ2n) is 5.83. The molecular formula is C16H15BrN2OS. The zero-order valence-corrected chi connectivity index (χ0v) is 14.5. The van der Waals surface area contributed by atoms with E-state index >= 15 is 0 Å². The van der Waals surface area contributed by atoms with Crippen LogP contribution in [0.4, 0.5) is 0 Å². The summed E-state index contributed by atoms with van der Waals surface area (Å²) in [6.07, 6.45) is 0. The van der Waals surface area contributed by atoms with Crippen LogP contribution in [0.15, 0.2) is 40.9 Å². The second-order valence-corrected chi connectivity index (χ2v) is 7.34. The van der Waals surface area contributed by atoms with Crippen molar-refractivity contribution in [2.24, 2.45) is 0 Å². The summed E-state index contributed by atoms with van der Waals surface area (Å²) in [4.78, 5) is 4.46. The van der Waals surface area contributed by atoms with Gasteiger partial charge in [-0.15, -0.1) is 0 Å². The van der Waals surface area contributed by atoms with Crippen LogP contribution in [0.3, 0.4) is 0 Å². The highest BCUT2D eigenvalue weighted by atomic mass is 79.9. The molecule has 0 fully saturated rings. The molecule has 0 saturated heterocycles. The Morgan fingerprint density at radius 1 is 1.10 bits per heavy atom. The minimum absolute atomic E-state index is 0.0707. The van der Waals surface area contributed by atoms with Gasteiger partial charge in [0.15, 0.2) is 5.82 Å². The Morgan fingerprint density at radius 3 is 2.57 bits per heavy atom. The van der Waals surface area contributed by atoms with E-state index in [2.05, 4.69) is 58.2 Å². The van der Waals surface area contributed by atoms with Gasteiger partial charge in [0.05, 0.1) is 4.47 Å². The molecule has 0 radical (unpaired) electrons. The highest BCUT2D eigenvalue weighted by Crippen LogP contribution is 2.36. The van der Waals surface area contributed by atoms with Gasteiger partial charge in [0.1, 0.15) is 5.75 Å². The molecule has 5 heteroatoms. The minimum atomic E-state index is -0.0707. The number of hydrogen-bond acceptors (Lipinski definition) is 4. The van der Waals surface area contributed by atoms with E-state index in [9.17, 15) is 0 Å². The van der Waals surface area contributed by atoms with Crippen LogP contribution in [0.1, 0.15) is 26.6 Å². The zero-order valence-electron chi connectivity index (χ0n) is 12.1. The molecule has 0 saturated carbocycles. The normalized spacial score (nSPS) is 11.8. The summed E-state index contributed by atoms with van der Waals surface area (Å²) in [6.45, 7) is 6.26. The molecule has 108 valence electrons. The predicted molar refractivity (Wildman–Crippen MR) is 90.3 cm³/mol. The molecule has 2 aromatic carbocycles. The summed E-state index contributed by atoms with van der Waals surface area (Å²) in [5.41, 5.74) is -0.0707. The number of rotatable bonds is 2. The molecule has 21 heavy (non-hydrogen) atoms. The molecule has 1 aromatic heterocycles. The molecule has 0 unspecified atom stereocenters. The van der Waals surface area contributed by atoms with Gasteiger partial charge in [0, 0.05) is 16.9 Å². The topological polar surface area (TPSA) is 35.0 Å². The summed E-state index contributed by atoms with van der Waals surface area (Å²) in [5, 5.41) is 2.86. The van der Waals surface area contributed by atoms with Crippen molar-refractivity contribution >= 4 is 38.2 Å². The van der Waals surface area contributed by atoms with Crippen molar-refractivity contribution in [3.05, 3.63) is 46.7 Å². The number of ether oxygens (including phenoxy) is 1. The van der Waals surface area contributed by atoms with E-state index in [1.165, 1.54) is 16.9 Å². The number of halogens is 1. The van der Waals surface area contributed by atoms with Gasteiger partial charge in [-0.05, 0) is 32.8 Å². The van der Waals surface area contributed by atoms with Crippen molar-refractivity contribution in [1.29, 1.82) is 0 Å². The molecule has 0 aliphatic carbocycles. The second kappa shape index (κ2) is 5.39. The summed E-state index contributed by atoms with van der Waals surface area (Å²) in [6, 6.07) is 12.2. The first kappa shape index (κ1) is 14.5. The quantitative estimate of drug-likeness (QED) is 0.599. The van der Waals surface area contributed by atoms with Gasteiger partial charge in [0.25, 0.3) is 5.19 Å². The Morgan fingerprint density at radius 2 is 1.86 bits per heavy atom. The Hall–Kier alpha value is -1.46. The Kier molecular flexibility index (Phi) is 3.71. The maximum atomic E-state index is 5.89. The predicted octanol–water partition coefficient (Wildman–Crippen LogP) is 5.54. The molecule has 0 bridgehead atoms. The monoisotopic (exact) mass is 362 g/mol. The molecular weight excluding hydrogens is 348 g/mol. The lowest BCUT2D eigenvalue weighted by Gasteiger charge is -2.12. The van der Waals surface area contributed by atoms with Gasteiger partial charge in [0.2, 0.25) is 0 Å². The van der Waals surface area contributed by atoms with E-state index in [4.69, 9.17) is 4.74 Å². The van der Waals surface area contributed by atoms with E-state index < -0.39 is 0 Å². The summed E-state index contributed by atoms with van der Waals surface area (Å²) in [5.74, 6) is 1.56. The fourth-order valence-corrected chi connectivity index (χ4v) is 3.25. The van der Waals surface area contributed by atoms with Gasteiger partial charge in [-0.25, -0.2) is 0 Å². The van der Waals surface area contributed by atoms with E-state index in [0.29, 0.717) is 5.19 Å². The standard InChI is InChI=1S/C16H15BrN2OS/c1-16(2,3)14-18-15(21-19-14)20-12-9-8-10-6-4-5-7-11(10)13(12)17/h4-9H,1-3H3. The van der Waals surface area contributed by atoms with Gasteiger partial charge in [-0.2, -0.15) is 9.36 Å². The first-order valence-electron chi connectivity index (χ1n) is 6.64. The summed E-state index contributed by atoms with van der Waals surface area (Å²) in [7, 11) is 0. The third-order valence-electron chi connectivity index (χ3n) is 3.10. The Labute approximate surface area is 136 Å². The van der Waals surface area contributed by atoms with E-state index in [0.717, 1.165) is 21.4 Å². The molecule has 0 N–H and O–H groups in total. The summed E-state index contributed by atoms with van der Waals surface area (Å²) < 4.78 is 11.2. The SMILES string of the molecule is CC(C)(C)c1nsc(Oc2ccc3ccccc3c2Br)n1. The molecule has 3 nitrogen and oxygen atoms in total. The molecule has 1 heterocycles.